The van der Waals surface area contributed by atoms with Gasteiger partial charge in [-0.15, -0.1) is 0 Å². The average Bonchev–Trinajstić information content (AvgIpc) is 2.71. The fourth-order valence-electron chi connectivity index (χ4n) is 3.15. The van der Waals surface area contributed by atoms with Crippen molar-refractivity contribution in [1.82, 2.24) is 4.31 Å². The third kappa shape index (κ3) is 5.26. The highest BCUT2D eigenvalue weighted by molar-refractivity contribution is 7.89. The Balaban J connectivity index is 1.71. The number of halogens is 2. The van der Waals surface area contributed by atoms with E-state index in [-0.39, 0.29) is 17.1 Å². The summed E-state index contributed by atoms with van der Waals surface area (Å²) in [6.45, 7) is 2.59. The molecule has 1 amide bonds. The fraction of sp³-hybridized carbons (Fsp3) is 0.350. The molecule has 0 aromatic heterocycles. The number of amides is 1. The molecular formula is C20H23ClFN3O3S. The third-order valence-electron chi connectivity index (χ3n) is 4.80. The Morgan fingerprint density at radius 2 is 1.83 bits per heavy atom. The molecular weight excluding hydrogens is 417 g/mol. The van der Waals surface area contributed by atoms with Crippen LogP contribution >= 0.6 is 11.6 Å². The molecule has 2 N–H and O–H groups in total. The van der Waals surface area contributed by atoms with Gasteiger partial charge >= 0.3 is 0 Å². The molecule has 1 aliphatic rings. The number of anilines is 2. The molecule has 3 rings (SSSR count). The van der Waals surface area contributed by atoms with Gasteiger partial charge in [0.15, 0.2) is 0 Å². The smallest absolute Gasteiger partial charge is 0.243 e. The van der Waals surface area contributed by atoms with Crippen LogP contribution < -0.4 is 10.6 Å². The summed E-state index contributed by atoms with van der Waals surface area (Å²) in [5.74, 6) is -0.951. The summed E-state index contributed by atoms with van der Waals surface area (Å²) in [6, 6.07) is 8.70. The number of benzene rings is 2. The molecule has 9 heteroatoms. The maximum Gasteiger partial charge on any atom is 0.243 e. The largest absolute Gasteiger partial charge is 0.374 e. The fourth-order valence-corrected chi connectivity index (χ4v) is 4.87. The van der Waals surface area contributed by atoms with Crippen molar-refractivity contribution < 1.29 is 17.6 Å². The van der Waals surface area contributed by atoms with Crippen LogP contribution in [0.15, 0.2) is 41.3 Å². The van der Waals surface area contributed by atoms with Crippen LogP contribution in [0.25, 0.3) is 0 Å². The highest BCUT2D eigenvalue weighted by atomic mass is 35.5. The summed E-state index contributed by atoms with van der Waals surface area (Å²) in [4.78, 5) is 12.5. The van der Waals surface area contributed by atoms with Gasteiger partial charge in [0.2, 0.25) is 15.9 Å². The van der Waals surface area contributed by atoms with Gasteiger partial charge < -0.3 is 10.6 Å². The molecule has 6 nitrogen and oxygen atoms in total. The number of hydrogen-bond donors (Lipinski definition) is 2. The maximum absolute atomic E-state index is 13.7. The number of carbonyl (C=O) groups excluding carboxylic acids is 1. The average molecular weight is 440 g/mol. The number of sulfonamides is 1. The van der Waals surface area contributed by atoms with Gasteiger partial charge in [-0.1, -0.05) is 24.1 Å². The highest BCUT2D eigenvalue weighted by Gasteiger charge is 2.26. The predicted octanol–water partition coefficient (Wildman–Crippen LogP) is 4.01. The summed E-state index contributed by atoms with van der Waals surface area (Å²) in [7, 11) is -3.60. The van der Waals surface area contributed by atoms with Crippen molar-refractivity contribution in [2.24, 2.45) is 0 Å². The zero-order valence-corrected chi connectivity index (χ0v) is 17.6. The summed E-state index contributed by atoms with van der Waals surface area (Å²) in [5.41, 5.74) is 1.25. The molecule has 0 bridgehead atoms. The lowest BCUT2D eigenvalue weighted by Gasteiger charge is -2.26. The van der Waals surface area contributed by atoms with Crippen LogP contribution in [0.3, 0.4) is 0 Å². The molecule has 156 valence electrons. The van der Waals surface area contributed by atoms with Gasteiger partial charge in [0.25, 0.3) is 0 Å². The van der Waals surface area contributed by atoms with Gasteiger partial charge in [-0.2, -0.15) is 4.31 Å². The van der Waals surface area contributed by atoms with E-state index in [9.17, 15) is 17.6 Å². The first kappa shape index (κ1) is 21.5. The topological polar surface area (TPSA) is 78.5 Å². The number of piperidine rings is 1. The van der Waals surface area contributed by atoms with Crippen molar-refractivity contribution in [2.75, 3.05) is 30.3 Å². The molecule has 0 radical (unpaired) electrons. The summed E-state index contributed by atoms with van der Waals surface area (Å²) in [6.07, 6.45) is 2.72. The Hall–Kier alpha value is -2.16. The second-order valence-electron chi connectivity index (χ2n) is 6.97. The molecule has 0 saturated carbocycles. The third-order valence-corrected chi connectivity index (χ3v) is 6.93. The SMILES string of the molecule is Cc1ccc(S(=O)(=O)N2CCCCC2)cc1NC(=O)CNc1cc(Cl)ccc1F. The van der Waals surface area contributed by atoms with Gasteiger partial charge in [-0.3, -0.25) is 4.79 Å². The molecule has 0 spiro atoms. The Morgan fingerprint density at radius 3 is 2.55 bits per heavy atom. The number of carbonyl (C=O) groups is 1. The van der Waals surface area contributed by atoms with Gasteiger partial charge in [0.1, 0.15) is 5.82 Å². The van der Waals surface area contributed by atoms with E-state index in [1.54, 1.807) is 19.1 Å². The Morgan fingerprint density at radius 1 is 1.10 bits per heavy atom. The zero-order chi connectivity index (χ0) is 21.0. The molecule has 2 aromatic carbocycles. The Kier molecular flexibility index (Phi) is 6.77. The number of hydrogen-bond acceptors (Lipinski definition) is 4. The van der Waals surface area contributed by atoms with Crippen molar-refractivity contribution in [3.05, 3.63) is 52.8 Å². The van der Waals surface area contributed by atoms with Gasteiger partial charge in [0, 0.05) is 23.8 Å². The number of rotatable bonds is 6. The number of aryl methyl sites for hydroxylation is 1. The van der Waals surface area contributed by atoms with E-state index in [2.05, 4.69) is 10.6 Å². The van der Waals surface area contributed by atoms with E-state index in [1.807, 2.05) is 0 Å². The van der Waals surface area contributed by atoms with Gasteiger partial charge in [0.05, 0.1) is 17.1 Å². The minimum absolute atomic E-state index is 0.116. The van der Waals surface area contributed by atoms with Crippen LogP contribution in [-0.2, 0) is 14.8 Å². The molecule has 29 heavy (non-hydrogen) atoms. The number of nitrogens with one attached hydrogen (secondary N) is 2. The van der Waals surface area contributed by atoms with Gasteiger partial charge in [-0.25, -0.2) is 12.8 Å². The first-order valence-corrected chi connectivity index (χ1v) is 11.2. The first-order chi connectivity index (χ1) is 13.8. The molecule has 2 aromatic rings. The minimum atomic E-state index is -3.60. The van der Waals surface area contributed by atoms with Crippen molar-refractivity contribution in [2.45, 2.75) is 31.1 Å². The quantitative estimate of drug-likeness (QED) is 0.712. The molecule has 1 heterocycles. The Bertz CT molecular complexity index is 1010. The summed E-state index contributed by atoms with van der Waals surface area (Å²) < 4.78 is 41.0. The summed E-state index contributed by atoms with van der Waals surface area (Å²) >= 11 is 5.84. The standard InChI is InChI=1S/C20H23ClFN3O3S/c1-14-5-7-16(29(27,28)25-9-3-2-4-10-25)12-18(14)24-20(26)13-23-19-11-15(21)6-8-17(19)22/h5-8,11-12,23H,2-4,9-10,13H2,1H3,(H,24,26). The molecule has 0 unspecified atom stereocenters. The molecule has 1 aliphatic heterocycles. The van der Waals surface area contributed by atoms with E-state index in [4.69, 9.17) is 11.6 Å². The van der Waals surface area contributed by atoms with E-state index in [1.165, 1.54) is 28.6 Å². The van der Waals surface area contributed by atoms with Crippen LogP contribution in [0.4, 0.5) is 15.8 Å². The summed E-state index contributed by atoms with van der Waals surface area (Å²) in [5, 5.41) is 5.73. The monoisotopic (exact) mass is 439 g/mol. The van der Waals surface area contributed by atoms with Crippen LogP contribution in [0.1, 0.15) is 24.8 Å². The normalized spacial score (nSPS) is 15.1. The minimum Gasteiger partial charge on any atom is -0.374 e. The zero-order valence-electron chi connectivity index (χ0n) is 16.0. The van der Waals surface area contributed by atoms with Crippen LogP contribution in [0, 0.1) is 12.7 Å². The van der Waals surface area contributed by atoms with E-state index < -0.39 is 21.7 Å². The van der Waals surface area contributed by atoms with E-state index >= 15 is 0 Å². The molecule has 1 saturated heterocycles. The second kappa shape index (κ2) is 9.11. The van der Waals surface area contributed by atoms with Crippen LogP contribution in [-0.4, -0.2) is 38.3 Å². The second-order valence-corrected chi connectivity index (χ2v) is 9.34. The lowest BCUT2D eigenvalue weighted by molar-refractivity contribution is -0.114. The molecule has 0 aliphatic carbocycles. The number of nitrogens with zero attached hydrogens (tertiary/aromatic N) is 1. The van der Waals surface area contributed by atoms with E-state index in [0.29, 0.717) is 23.8 Å². The van der Waals surface area contributed by atoms with E-state index in [0.717, 1.165) is 24.8 Å². The van der Waals surface area contributed by atoms with Crippen molar-refractivity contribution in [3.63, 3.8) is 0 Å². The lowest BCUT2D eigenvalue weighted by atomic mass is 10.2. The van der Waals surface area contributed by atoms with Crippen LogP contribution in [0.2, 0.25) is 5.02 Å². The maximum atomic E-state index is 13.7. The first-order valence-electron chi connectivity index (χ1n) is 9.37. The van der Waals surface area contributed by atoms with Crippen molar-refractivity contribution in [1.29, 1.82) is 0 Å². The highest BCUT2D eigenvalue weighted by Crippen LogP contribution is 2.25. The predicted molar refractivity (Wildman–Crippen MR) is 112 cm³/mol. The van der Waals surface area contributed by atoms with Crippen LogP contribution in [0.5, 0.6) is 0 Å². The lowest BCUT2D eigenvalue weighted by Crippen LogP contribution is -2.35. The molecule has 0 atom stereocenters. The Labute approximate surface area is 175 Å². The molecule has 1 fully saturated rings. The van der Waals surface area contributed by atoms with Crippen molar-refractivity contribution in [3.8, 4) is 0 Å². The van der Waals surface area contributed by atoms with Gasteiger partial charge in [-0.05, 0) is 55.7 Å². The van der Waals surface area contributed by atoms with Crippen molar-refractivity contribution >= 4 is 38.9 Å².